The van der Waals surface area contributed by atoms with Gasteiger partial charge in [-0.15, -0.1) is 0 Å². The Morgan fingerprint density at radius 1 is 1.00 bits per heavy atom. The molecule has 1 nitrogen and oxygen atoms in total. The molecule has 0 aliphatic rings. The Morgan fingerprint density at radius 3 is 2.27 bits per heavy atom. The summed E-state index contributed by atoms with van der Waals surface area (Å²) < 4.78 is 0. The van der Waals surface area contributed by atoms with Gasteiger partial charge in [0, 0.05) is 0 Å². The molecule has 92 valence electrons. The zero-order valence-corrected chi connectivity index (χ0v) is 11.7. The van der Waals surface area contributed by atoms with E-state index in [0.29, 0.717) is 0 Å². The minimum absolute atomic E-state index is 0.890. The predicted octanol–water partition coefficient (Wildman–Crippen LogP) is 3.94. The average molecular weight is 231 g/mol. The summed E-state index contributed by atoms with van der Waals surface area (Å²) in [6, 6.07) is 0. The van der Waals surface area contributed by atoms with Crippen molar-refractivity contribution in [2.75, 3.05) is 25.1 Å². The van der Waals surface area contributed by atoms with Gasteiger partial charge >= 0.3 is 0 Å². The second kappa shape index (κ2) is 12.4. The molecular formula is C13H29NS. The first kappa shape index (κ1) is 15.3. The number of nitrogens with one attached hydrogen (secondary N) is 1. The summed E-state index contributed by atoms with van der Waals surface area (Å²) in [5, 5.41) is 3.57. The molecule has 0 atom stereocenters. The lowest BCUT2D eigenvalue weighted by Crippen LogP contribution is -2.23. The monoisotopic (exact) mass is 231 g/mol. The van der Waals surface area contributed by atoms with Crippen molar-refractivity contribution in [2.24, 2.45) is 5.92 Å². The molecule has 0 aliphatic heterocycles. The van der Waals surface area contributed by atoms with Crippen molar-refractivity contribution in [1.82, 2.24) is 5.32 Å². The van der Waals surface area contributed by atoms with Gasteiger partial charge in [-0.2, -0.15) is 11.8 Å². The molecule has 1 N–H and O–H groups in total. The van der Waals surface area contributed by atoms with Crippen LogP contribution in [0.25, 0.3) is 0 Å². The van der Waals surface area contributed by atoms with Gasteiger partial charge in [0.15, 0.2) is 0 Å². The summed E-state index contributed by atoms with van der Waals surface area (Å²) in [7, 11) is 0. The van der Waals surface area contributed by atoms with Crippen LogP contribution in [0.1, 0.15) is 52.4 Å². The zero-order chi connectivity index (χ0) is 11.4. The first-order valence-corrected chi connectivity index (χ1v) is 7.94. The molecule has 15 heavy (non-hydrogen) atoms. The highest BCUT2D eigenvalue weighted by Crippen LogP contribution is 2.06. The van der Waals surface area contributed by atoms with Gasteiger partial charge in [-0.05, 0) is 43.9 Å². The number of rotatable bonds is 11. The summed E-state index contributed by atoms with van der Waals surface area (Å²) in [6.07, 6.45) is 10.4. The van der Waals surface area contributed by atoms with E-state index in [1.54, 1.807) is 0 Å². The van der Waals surface area contributed by atoms with Gasteiger partial charge < -0.3 is 5.32 Å². The molecule has 0 heterocycles. The molecule has 0 rings (SSSR count). The molecule has 0 aromatic carbocycles. The lowest BCUT2D eigenvalue weighted by atomic mass is 10.0. The molecule has 0 radical (unpaired) electrons. The highest BCUT2D eigenvalue weighted by Gasteiger charge is 2.01. The first-order valence-electron chi connectivity index (χ1n) is 6.54. The summed E-state index contributed by atoms with van der Waals surface area (Å²) in [5.74, 6) is 2.22. The number of unbranched alkanes of at least 4 members (excludes halogenated alkanes) is 3. The van der Waals surface area contributed by atoms with Crippen LogP contribution >= 0.6 is 11.8 Å². The lowest BCUT2D eigenvalue weighted by Gasteiger charge is -2.12. The third kappa shape index (κ3) is 10.6. The van der Waals surface area contributed by atoms with Gasteiger partial charge in [0.2, 0.25) is 0 Å². The maximum atomic E-state index is 3.57. The normalized spacial score (nSPS) is 11.2. The van der Waals surface area contributed by atoms with Gasteiger partial charge in [-0.25, -0.2) is 0 Å². The minimum atomic E-state index is 0.890. The van der Waals surface area contributed by atoms with E-state index in [0.717, 1.165) is 5.92 Å². The fraction of sp³-hybridized carbons (Fsp3) is 1.00. The van der Waals surface area contributed by atoms with Crippen molar-refractivity contribution in [3.8, 4) is 0 Å². The first-order chi connectivity index (χ1) is 7.35. The van der Waals surface area contributed by atoms with Crippen molar-refractivity contribution < 1.29 is 0 Å². The van der Waals surface area contributed by atoms with Crippen molar-refractivity contribution in [3.63, 3.8) is 0 Å². The molecular weight excluding hydrogens is 202 g/mol. The van der Waals surface area contributed by atoms with Crippen LogP contribution in [-0.4, -0.2) is 25.1 Å². The smallest absolute Gasteiger partial charge is 0.00207 e. The van der Waals surface area contributed by atoms with Crippen molar-refractivity contribution in [3.05, 3.63) is 0 Å². The molecule has 0 bridgehead atoms. The van der Waals surface area contributed by atoms with Crippen LogP contribution in [0.3, 0.4) is 0 Å². The molecule has 0 saturated heterocycles. The van der Waals surface area contributed by atoms with E-state index in [2.05, 4.69) is 25.4 Å². The predicted molar refractivity (Wildman–Crippen MR) is 73.8 cm³/mol. The molecule has 0 saturated carbocycles. The third-order valence-electron chi connectivity index (χ3n) is 3.04. The van der Waals surface area contributed by atoms with Crippen LogP contribution < -0.4 is 5.32 Å². The Balaban J connectivity index is 3.04. The van der Waals surface area contributed by atoms with Crippen molar-refractivity contribution >= 4 is 11.8 Å². The summed E-state index contributed by atoms with van der Waals surface area (Å²) in [6.45, 7) is 7.02. The van der Waals surface area contributed by atoms with Crippen molar-refractivity contribution in [2.45, 2.75) is 52.4 Å². The standard InChI is InChI=1S/C13H29NS/c1-4-13(5-2)12-14-10-8-6-7-9-11-15-3/h13-14H,4-12H2,1-3H3. The van der Waals surface area contributed by atoms with E-state index >= 15 is 0 Å². The maximum absolute atomic E-state index is 3.57. The molecule has 0 aliphatic carbocycles. The van der Waals surface area contributed by atoms with Gasteiger partial charge in [0.25, 0.3) is 0 Å². The van der Waals surface area contributed by atoms with Gasteiger partial charge in [0.1, 0.15) is 0 Å². The van der Waals surface area contributed by atoms with Crippen LogP contribution in [0, 0.1) is 5.92 Å². The zero-order valence-electron chi connectivity index (χ0n) is 10.8. The highest BCUT2D eigenvalue weighted by atomic mass is 32.2. The summed E-state index contributed by atoms with van der Waals surface area (Å²) in [4.78, 5) is 0. The molecule has 0 aromatic rings. The van der Waals surface area contributed by atoms with Gasteiger partial charge in [-0.1, -0.05) is 39.5 Å². The largest absolute Gasteiger partial charge is 0.316 e. The van der Waals surface area contributed by atoms with Gasteiger partial charge in [0.05, 0.1) is 0 Å². The summed E-state index contributed by atoms with van der Waals surface area (Å²) >= 11 is 1.96. The minimum Gasteiger partial charge on any atom is -0.316 e. The average Bonchev–Trinajstić information content (AvgIpc) is 2.27. The lowest BCUT2D eigenvalue weighted by molar-refractivity contribution is 0.444. The van der Waals surface area contributed by atoms with Gasteiger partial charge in [-0.3, -0.25) is 0 Å². The van der Waals surface area contributed by atoms with Crippen molar-refractivity contribution in [1.29, 1.82) is 0 Å². The quantitative estimate of drug-likeness (QED) is 0.541. The topological polar surface area (TPSA) is 12.0 Å². The molecule has 2 heteroatoms. The number of thioether (sulfide) groups is 1. The van der Waals surface area contributed by atoms with E-state index in [1.807, 2.05) is 11.8 Å². The number of hydrogen-bond donors (Lipinski definition) is 1. The Morgan fingerprint density at radius 2 is 1.67 bits per heavy atom. The fourth-order valence-electron chi connectivity index (χ4n) is 1.73. The second-order valence-electron chi connectivity index (χ2n) is 4.29. The highest BCUT2D eigenvalue weighted by molar-refractivity contribution is 7.98. The molecule has 0 unspecified atom stereocenters. The van der Waals surface area contributed by atoms with E-state index < -0.39 is 0 Å². The number of hydrogen-bond acceptors (Lipinski definition) is 2. The Kier molecular flexibility index (Phi) is 12.6. The van der Waals surface area contributed by atoms with Crippen LogP contribution in [-0.2, 0) is 0 Å². The van der Waals surface area contributed by atoms with E-state index in [1.165, 1.54) is 57.4 Å². The molecule has 0 fully saturated rings. The van der Waals surface area contributed by atoms with Crippen LogP contribution in [0.5, 0.6) is 0 Å². The molecule has 0 spiro atoms. The third-order valence-corrected chi connectivity index (χ3v) is 3.74. The molecule has 0 aromatic heterocycles. The Bertz CT molecular complexity index is 113. The van der Waals surface area contributed by atoms with E-state index in [4.69, 9.17) is 0 Å². The molecule has 0 amide bonds. The van der Waals surface area contributed by atoms with Crippen LogP contribution in [0.4, 0.5) is 0 Å². The Labute approximate surface area is 101 Å². The maximum Gasteiger partial charge on any atom is -0.00207 e. The fourth-order valence-corrected chi connectivity index (χ4v) is 2.23. The summed E-state index contributed by atoms with van der Waals surface area (Å²) in [5.41, 5.74) is 0. The SMILES string of the molecule is CCC(CC)CNCCCCCCSC. The van der Waals surface area contributed by atoms with E-state index in [-0.39, 0.29) is 0 Å². The van der Waals surface area contributed by atoms with E-state index in [9.17, 15) is 0 Å². The Hall–Kier alpha value is 0.310. The van der Waals surface area contributed by atoms with Crippen LogP contribution in [0.15, 0.2) is 0 Å². The second-order valence-corrected chi connectivity index (χ2v) is 5.28. The van der Waals surface area contributed by atoms with Crippen LogP contribution in [0.2, 0.25) is 0 Å².